The van der Waals surface area contributed by atoms with Crippen LogP contribution in [0.5, 0.6) is 0 Å². The minimum absolute atomic E-state index is 0.0248. The van der Waals surface area contributed by atoms with E-state index in [4.69, 9.17) is 0 Å². The van der Waals surface area contributed by atoms with E-state index >= 15 is 0 Å². The number of hydrogen-bond donors (Lipinski definition) is 1. The number of ketones is 2. The van der Waals surface area contributed by atoms with Gasteiger partial charge in [-0.05, 0) is 19.1 Å². The molecule has 0 spiro atoms. The van der Waals surface area contributed by atoms with Crippen molar-refractivity contribution in [2.24, 2.45) is 5.92 Å². The smallest absolute Gasteiger partial charge is 0.264 e. The normalized spacial score (nSPS) is 12.5. The summed E-state index contributed by atoms with van der Waals surface area (Å²) in [6.07, 6.45) is -0.0248. The zero-order chi connectivity index (χ0) is 15.3. The lowest BCUT2D eigenvalue weighted by molar-refractivity contribution is -0.139. The molecule has 0 aromatic heterocycles. The average molecular weight is 297 g/mol. The van der Waals surface area contributed by atoms with Gasteiger partial charge in [0.15, 0.2) is 11.7 Å². The first-order chi connectivity index (χ1) is 9.29. The molecule has 20 heavy (non-hydrogen) atoms. The van der Waals surface area contributed by atoms with Crippen LogP contribution in [0.25, 0.3) is 0 Å². The summed E-state index contributed by atoms with van der Waals surface area (Å²) >= 11 is 0. The minimum atomic E-state index is -4.08. The Morgan fingerprint density at radius 1 is 1.15 bits per heavy atom. The van der Waals surface area contributed by atoms with Gasteiger partial charge in [-0.1, -0.05) is 25.1 Å². The molecule has 1 N–H and O–H groups in total. The zero-order valence-corrected chi connectivity index (χ0v) is 11.9. The van der Waals surface area contributed by atoms with Crippen LogP contribution >= 0.6 is 0 Å². The number of amides is 1. The van der Waals surface area contributed by atoms with Gasteiger partial charge in [0.2, 0.25) is 0 Å². The van der Waals surface area contributed by atoms with E-state index in [1.807, 2.05) is 0 Å². The molecule has 0 aliphatic rings. The van der Waals surface area contributed by atoms with Crippen LogP contribution < -0.4 is 4.72 Å². The van der Waals surface area contributed by atoms with Crippen molar-refractivity contribution in [1.82, 2.24) is 4.72 Å². The van der Waals surface area contributed by atoms with Crippen molar-refractivity contribution in [2.75, 3.05) is 0 Å². The van der Waals surface area contributed by atoms with Crippen LogP contribution in [0.3, 0.4) is 0 Å². The third-order valence-electron chi connectivity index (χ3n) is 2.63. The summed E-state index contributed by atoms with van der Waals surface area (Å²) in [4.78, 5) is 34.6. The summed E-state index contributed by atoms with van der Waals surface area (Å²) in [5, 5.41) is 0. The molecule has 0 fully saturated rings. The molecule has 0 saturated carbocycles. The molecule has 7 heteroatoms. The van der Waals surface area contributed by atoms with Gasteiger partial charge in [-0.25, -0.2) is 13.1 Å². The molecule has 1 aromatic rings. The van der Waals surface area contributed by atoms with E-state index in [-0.39, 0.29) is 11.3 Å². The molecular formula is C13H15NO5S. The Hall–Kier alpha value is -2.02. The summed E-state index contributed by atoms with van der Waals surface area (Å²) in [5.74, 6) is -4.00. The van der Waals surface area contributed by atoms with E-state index in [2.05, 4.69) is 0 Å². The second kappa shape index (κ2) is 6.42. The molecule has 0 aliphatic carbocycles. The van der Waals surface area contributed by atoms with Crippen LogP contribution in [-0.4, -0.2) is 25.9 Å². The maximum absolute atomic E-state index is 11.9. The van der Waals surface area contributed by atoms with Gasteiger partial charge in [0, 0.05) is 6.42 Å². The topological polar surface area (TPSA) is 97.4 Å². The molecule has 0 heterocycles. The fourth-order valence-electron chi connectivity index (χ4n) is 1.61. The summed E-state index contributed by atoms with van der Waals surface area (Å²) in [6, 6.07) is 7.23. The molecule has 0 radical (unpaired) electrons. The molecule has 1 atom stereocenters. The second-order valence-corrected chi connectivity index (χ2v) is 5.83. The van der Waals surface area contributed by atoms with Crippen LogP contribution in [0.15, 0.2) is 35.2 Å². The number of benzene rings is 1. The van der Waals surface area contributed by atoms with Gasteiger partial charge in [0.1, 0.15) is 5.78 Å². The highest BCUT2D eigenvalue weighted by atomic mass is 32.2. The van der Waals surface area contributed by atoms with Gasteiger partial charge in [-0.15, -0.1) is 0 Å². The predicted molar refractivity (Wildman–Crippen MR) is 71.2 cm³/mol. The molecule has 0 bridgehead atoms. The predicted octanol–water partition coefficient (Wildman–Crippen LogP) is 0.676. The van der Waals surface area contributed by atoms with Crippen molar-refractivity contribution in [3.05, 3.63) is 30.3 Å². The first-order valence-corrected chi connectivity index (χ1v) is 7.42. The van der Waals surface area contributed by atoms with Crippen molar-refractivity contribution in [3.63, 3.8) is 0 Å². The van der Waals surface area contributed by atoms with Gasteiger partial charge in [-0.3, -0.25) is 14.4 Å². The fraction of sp³-hybridized carbons (Fsp3) is 0.308. The Morgan fingerprint density at radius 3 is 2.15 bits per heavy atom. The van der Waals surface area contributed by atoms with Gasteiger partial charge in [-0.2, -0.15) is 0 Å². The van der Waals surface area contributed by atoms with E-state index in [1.165, 1.54) is 31.2 Å². The SMILES string of the molecule is CCC(=O)C(C(C)=O)C(=O)NS(=O)(=O)c1ccccc1. The van der Waals surface area contributed by atoms with Crippen molar-refractivity contribution >= 4 is 27.5 Å². The Balaban J connectivity index is 3.00. The van der Waals surface area contributed by atoms with E-state index in [1.54, 1.807) is 10.8 Å². The van der Waals surface area contributed by atoms with Gasteiger partial charge in [0.25, 0.3) is 15.9 Å². The minimum Gasteiger partial charge on any atom is -0.299 e. The van der Waals surface area contributed by atoms with E-state index < -0.39 is 33.4 Å². The molecular weight excluding hydrogens is 282 g/mol. The Bertz CT molecular complexity index is 621. The summed E-state index contributed by atoms with van der Waals surface area (Å²) in [7, 11) is -4.08. The van der Waals surface area contributed by atoms with Crippen molar-refractivity contribution in [3.8, 4) is 0 Å². The van der Waals surface area contributed by atoms with E-state index in [9.17, 15) is 22.8 Å². The largest absolute Gasteiger partial charge is 0.299 e. The highest BCUT2D eigenvalue weighted by molar-refractivity contribution is 7.90. The number of rotatable bonds is 6. The van der Waals surface area contributed by atoms with Crippen molar-refractivity contribution in [1.29, 1.82) is 0 Å². The van der Waals surface area contributed by atoms with Crippen LogP contribution in [0.4, 0.5) is 0 Å². The number of hydrogen-bond acceptors (Lipinski definition) is 5. The lowest BCUT2D eigenvalue weighted by Gasteiger charge is -2.12. The first-order valence-electron chi connectivity index (χ1n) is 5.94. The quantitative estimate of drug-likeness (QED) is 0.778. The lowest BCUT2D eigenvalue weighted by Crippen LogP contribution is -2.42. The maximum Gasteiger partial charge on any atom is 0.264 e. The Kier molecular flexibility index (Phi) is 5.15. The molecule has 1 amide bonds. The van der Waals surface area contributed by atoms with Gasteiger partial charge >= 0.3 is 0 Å². The number of Topliss-reactive ketones (excluding diaryl/α,β-unsaturated/α-hetero) is 2. The average Bonchev–Trinajstić information content (AvgIpc) is 2.38. The third kappa shape index (κ3) is 3.74. The van der Waals surface area contributed by atoms with Crippen LogP contribution in [-0.2, 0) is 24.4 Å². The molecule has 1 aromatic carbocycles. The molecule has 108 valence electrons. The fourth-order valence-corrected chi connectivity index (χ4v) is 2.63. The standard InChI is InChI=1S/C13H15NO5S/c1-3-11(16)12(9(2)15)13(17)14-20(18,19)10-7-5-4-6-8-10/h4-8,12H,3H2,1-2H3,(H,14,17). The zero-order valence-electron chi connectivity index (χ0n) is 11.1. The Labute approximate surface area is 117 Å². The third-order valence-corrected chi connectivity index (χ3v) is 3.99. The Morgan fingerprint density at radius 2 is 1.70 bits per heavy atom. The van der Waals surface area contributed by atoms with Gasteiger partial charge in [0.05, 0.1) is 4.90 Å². The van der Waals surface area contributed by atoms with Gasteiger partial charge < -0.3 is 0 Å². The highest BCUT2D eigenvalue weighted by Gasteiger charge is 2.32. The van der Waals surface area contributed by atoms with E-state index in [0.717, 1.165) is 6.92 Å². The molecule has 0 saturated heterocycles. The summed E-state index contributed by atoms with van der Waals surface area (Å²) < 4.78 is 25.6. The van der Waals surface area contributed by atoms with Crippen LogP contribution in [0.2, 0.25) is 0 Å². The first kappa shape index (κ1) is 16.0. The molecule has 6 nitrogen and oxygen atoms in total. The summed E-state index contributed by atoms with van der Waals surface area (Å²) in [5.41, 5.74) is 0. The lowest BCUT2D eigenvalue weighted by atomic mass is 9.98. The molecule has 1 unspecified atom stereocenters. The maximum atomic E-state index is 11.9. The molecule has 0 aliphatic heterocycles. The number of sulfonamides is 1. The van der Waals surface area contributed by atoms with Crippen molar-refractivity contribution < 1.29 is 22.8 Å². The van der Waals surface area contributed by atoms with E-state index in [0.29, 0.717) is 0 Å². The number of carbonyl (C=O) groups is 3. The van der Waals surface area contributed by atoms with Crippen LogP contribution in [0.1, 0.15) is 20.3 Å². The van der Waals surface area contributed by atoms with Crippen molar-refractivity contribution in [2.45, 2.75) is 25.2 Å². The second-order valence-electron chi connectivity index (χ2n) is 4.15. The summed E-state index contributed by atoms with van der Waals surface area (Å²) in [6.45, 7) is 2.57. The van der Waals surface area contributed by atoms with Crippen LogP contribution in [0, 0.1) is 5.92 Å². The molecule has 1 rings (SSSR count). The monoisotopic (exact) mass is 297 g/mol. The highest BCUT2D eigenvalue weighted by Crippen LogP contribution is 2.10. The number of carbonyl (C=O) groups excluding carboxylic acids is 3. The number of nitrogens with one attached hydrogen (secondary N) is 1.